The maximum atomic E-state index is 4.71. The summed E-state index contributed by atoms with van der Waals surface area (Å²) in [7, 11) is 5.88. The van der Waals surface area contributed by atoms with E-state index in [1.807, 2.05) is 24.8 Å². The Bertz CT molecular complexity index is 906. The fraction of sp³-hybridized carbons (Fsp3) is 0.476. The minimum atomic E-state index is 0.411. The van der Waals surface area contributed by atoms with Crippen molar-refractivity contribution in [3.63, 3.8) is 0 Å². The molecule has 2 aromatic heterocycles. The molecule has 0 radical (unpaired) electrons. The fourth-order valence-corrected chi connectivity index (χ4v) is 4.35. The molecule has 2 heterocycles. The Morgan fingerprint density at radius 3 is 2.82 bits per heavy atom. The number of thiazole rings is 1. The highest BCUT2D eigenvalue weighted by Crippen LogP contribution is 2.22. The number of nitrogens with zero attached hydrogens (tertiary/aromatic N) is 5. The van der Waals surface area contributed by atoms with Gasteiger partial charge in [-0.3, -0.25) is 9.67 Å². The van der Waals surface area contributed by atoms with E-state index >= 15 is 0 Å². The summed E-state index contributed by atoms with van der Waals surface area (Å²) >= 11 is 1.79. The molecule has 0 saturated heterocycles. The Morgan fingerprint density at radius 2 is 2.11 bits per heavy atom. The van der Waals surface area contributed by atoms with Crippen molar-refractivity contribution in [3.8, 4) is 0 Å². The molecule has 7 heteroatoms. The average molecular weight is 399 g/mol. The first-order valence-electron chi connectivity index (χ1n) is 9.76. The maximum Gasteiger partial charge on any atom is 0.193 e. The molecule has 3 rings (SSSR count). The lowest BCUT2D eigenvalue weighted by atomic mass is 10.1. The second-order valence-corrected chi connectivity index (χ2v) is 8.49. The Balaban J connectivity index is 1.51. The third-order valence-electron chi connectivity index (χ3n) is 4.65. The van der Waals surface area contributed by atoms with Crippen LogP contribution in [-0.2, 0) is 20.0 Å². The molecule has 0 unspecified atom stereocenters. The standard InChI is InChI=1S/C21H30N6S/c1-15(2)20-16(14-27(5)25-20)13-26(4)21(22-3)23-12-8-11-19-24-17-9-6-7-10-18(17)28-19/h6-7,9-10,14-15H,8,11-13H2,1-5H3,(H,22,23). The monoisotopic (exact) mass is 398 g/mol. The number of fused-ring (bicyclic) bond motifs is 1. The lowest BCUT2D eigenvalue weighted by Crippen LogP contribution is -2.39. The average Bonchev–Trinajstić information content (AvgIpc) is 3.24. The van der Waals surface area contributed by atoms with Crippen LogP contribution in [-0.4, -0.2) is 46.3 Å². The number of hydrogen-bond donors (Lipinski definition) is 1. The summed E-state index contributed by atoms with van der Waals surface area (Å²) in [6.45, 7) is 6.03. The zero-order chi connectivity index (χ0) is 20.1. The van der Waals surface area contributed by atoms with Gasteiger partial charge in [0.05, 0.1) is 20.9 Å². The van der Waals surface area contributed by atoms with E-state index in [2.05, 4.69) is 65.6 Å². The van der Waals surface area contributed by atoms with Gasteiger partial charge in [0.2, 0.25) is 0 Å². The molecular weight excluding hydrogens is 368 g/mol. The van der Waals surface area contributed by atoms with Crippen LogP contribution in [0.4, 0.5) is 0 Å². The number of para-hydroxylation sites is 1. The molecule has 0 spiro atoms. The lowest BCUT2D eigenvalue weighted by molar-refractivity contribution is 0.472. The molecule has 6 nitrogen and oxygen atoms in total. The highest BCUT2D eigenvalue weighted by Gasteiger charge is 2.15. The maximum absolute atomic E-state index is 4.71. The molecule has 3 aromatic rings. The van der Waals surface area contributed by atoms with Gasteiger partial charge in [-0.25, -0.2) is 4.98 Å². The van der Waals surface area contributed by atoms with E-state index < -0.39 is 0 Å². The first-order chi connectivity index (χ1) is 13.5. The van der Waals surface area contributed by atoms with Gasteiger partial charge in [-0.15, -0.1) is 11.3 Å². The first-order valence-corrected chi connectivity index (χ1v) is 10.6. The summed E-state index contributed by atoms with van der Waals surface area (Å²) in [6, 6.07) is 8.32. The third kappa shape index (κ3) is 4.90. The summed E-state index contributed by atoms with van der Waals surface area (Å²) in [5.41, 5.74) is 3.50. The number of aromatic nitrogens is 3. The predicted octanol–water partition coefficient (Wildman–Crippen LogP) is 3.79. The van der Waals surface area contributed by atoms with Gasteiger partial charge in [0.15, 0.2) is 5.96 Å². The van der Waals surface area contributed by atoms with Crippen LogP contribution in [0.25, 0.3) is 10.2 Å². The Kier molecular flexibility index (Phi) is 6.67. The van der Waals surface area contributed by atoms with Crippen LogP contribution >= 0.6 is 11.3 Å². The van der Waals surface area contributed by atoms with Gasteiger partial charge >= 0.3 is 0 Å². The zero-order valence-electron chi connectivity index (χ0n) is 17.4. The van der Waals surface area contributed by atoms with Crippen molar-refractivity contribution in [2.24, 2.45) is 12.0 Å². The van der Waals surface area contributed by atoms with Crippen molar-refractivity contribution in [3.05, 3.63) is 46.7 Å². The topological polar surface area (TPSA) is 58.3 Å². The molecular formula is C21H30N6S. The second-order valence-electron chi connectivity index (χ2n) is 7.38. The van der Waals surface area contributed by atoms with Crippen LogP contribution in [0.5, 0.6) is 0 Å². The summed E-state index contributed by atoms with van der Waals surface area (Å²) in [4.78, 5) is 11.3. The fourth-order valence-electron chi connectivity index (χ4n) is 3.34. The van der Waals surface area contributed by atoms with Crippen LogP contribution in [0, 0.1) is 0 Å². The third-order valence-corrected chi connectivity index (χ3v) is 5.75. The number of aryl methyl sites for hydroxylation is 2. The number of benzene rings is 1. The summed E-state index contributed by atoms with van der Waals surface area (Å²) in [6.07, 6.45) is 4.11. The lowest BCUT2D eigenvalue weighted by Gasteiger charge is -2.22. The minimum absolute atomic E-state index is 0.411. The molecule has 1 N–H and O–H groups in total. The molecule has 0 saturated carbocycles. The van der Waals surface area contributed by atoms with Gasteiger partial charge in [0.25, 0.3) is 0 Å². The number of guanidine groups is 1. The van der Waals surface area contributed by atoms with Gasteiger partial charge in [0, 0.05) is 52.4 Å². The minimum Gasteiger partial charge on any atom is -0.356 e. The normalized spacial score (nSPS) is 12.1. The molecule has 0 atom stereocenters. The summed E-state index contributed by atoms with van der Waals surface area (Å²) in [5.74, 6) is 1.32. The van der Waals surface area contributed by atoms with E-state index in [9.17, 15) is 0 Å². The largest absolute Gasteiger partial charge is 0.356 e. The van der Waals surface area contributed by atoms with Gasteiger partial charge in [-0.2, -0.15) is 5.10 Å². The van der Waals surface area contributed by atoms with Crippen molar-refractivity contribution >= 4 is 27.5 Å². The molecule has 150 valence electrons. The van der Waals surface area contributed by atoms with Crippen molar-refractivity contribution in [2.75, 3.05) is 20.6 Å². The van der Waals surface area contributed by atoms with Crippen molar-refractivity contribution in [2.45, 2.75) is 39.2 Å². The number of rotatable bonds is 7. The van der Waals surface area contributed by atoms with Crippen LogP contribution in [0.1, 0.15) is 42.5 Å². The van der Waals surface area contributed by atoms with E-state index in [0.717, 1.165) is 43.1 Å². The van der Waals surface area contributed by atoms with E-state index in [1.165, 1.54) is 15.3 Å². The van der Waals surface area contributed by atoms with E-state index in [1.54, 1.807) is 11.3 Å². The molecule has 0 bridgehead atoms. The second kappa shape index (κ2) is 9.19. The van der Waals surface area contributed by atoms with Crippen LogP contribution in [0.2, 0.25) is 0 Å². The van der Waals surface area contributed by atoms with E-state index in [0.29, 0.717) is 5.92 Å². The molecule has 0 aliphatic carbocycles. The van der Waals surface area contributed by atoms with E-state index in [-0.39, 0.29) is 0 Å². The van der Waals surface area contributed by atoms with Crippen molar-refractivity contribution < 1.29 is 0 Å². The molecule has 0 aliphatic rings. The Labute approximate surface area is 171 Å². The molecule has 1 aromatic carbocycles. The number of aliphatic imine (C=N–C) groups is 1. The van der Waals surface area contributed by atoms with Crippen molar-refractivity contribution in [1.82, 2.24) is 25.0 Å². The highest BCUT2D eigenvalue weighted by atomic mass is 32.1. The smallest absolute Gasteiger partial charge is 0.193 e. The Morgan fingerprint density at radius 1 is 1.32 bits per heavy atom. The van der Waals surface area contributed by atoms with Gasteiger partial charge in [0.1, 0.15) is 0 Å². The van der Waals surface area contributed by atoms with Gasteiger partial charge in [-0.05, 0) is 24.5 Å². The van der Waals surface area contributed by atoms with Crippen molar-refractivity contribution in [1.29, 1.82) is 0 Å². The molecule has 0 fully saturated rings. The summed E-state index contributed by atoms with van der Waals surface area (Å²) < 4.78 is 3.16. The molecule has 0 aliphatic heterocycles. The first kappa shape index (κ1) is 20.3. The zero-order valence-corrected chi connectivity index (χ0v) is 18.3. The van der Waals surface area contributed by atoms with Crippen LogP contribution in [0.15, 0.2) is 35.5 Å². The predicted molar refractivity (Wildman–Crippen MR) is 118 cm³/mol. The Hall–Kier alpha value is -2.41. The van der Waals surface area contributed by atoms with Gasteiger partial charge in [-0.1, -0.05) is 26.0 Å². The van der Waals surface area contributed by atoms with Crippen LogP contribution < -0.4 is 5.32 Å². The number of hydrogen-bond acceptors (Lipinski definition) is 4. The molecule has 28 heavy (non-hydrogen) atoms. The highest BCUT2D eigenvalue weighted by molar-refractivity contribution is 7.18. The number of nitrogens with one attached hydrogen (secondary N) is 1. The van der Waals surface area contributed by atoms with Crippen LogP contribution in [0.3, 0.4) is 0 Å². The van der Waals surface area contributed by atoms with E-state index in [4.69, 9.17) is 4.98 Å². The molecule has 0 amide bonds. The summed E-state index contributed by atoms with van der Waals surface area (Å²) in [5, 5.41) is 9.27. The SMILES string of the molecule is CN=C(NCCCc1nc2ccccc2s1)N(C)Cc1cn(C)nc1C(C)C. The van der Waals surface area contributed by atoms with Gasteiger partial charge < -0.3 is 10.2 Å². The quantitative estimate of drug-likeness (QED) is 0.374.